The van der Waals surface area contributed by atoms with Crippen molar-refractivity contribution >= 4 is 5.97 Å². The number of nitrogens with zero attached hydrogens (tertiary/aromatic N) is 2. The van der Waals surface area contributed by atoms with Gasteiger partial charge < -0.3 is 18.6 Å². The smallest absolute Gasteiger partial charge is 0.351 e. The Hall–Kier alpha value is -3.35. The van der Waals surface area contributed by atoms with Gasteiger partial charge in [0.1, 0.15) is 6.61 Å². The van der Waals surface area contributed by atoms with Crippen LogP contribution in [0, 0.1) is 0 Å². The van der Waals surface area contributed by atoms with Gasteiger partial charge in [0, 0.05) is 5.56 Å². The number of carbonyl (C=O) groups is 1. The zero-order chi connectivity index (χ0) is 17.9. The van der Waals surface area contributed by atoms with E-state index in [-0.39, 0.29) is 12.5 Å². The lowest BCUT2D eigenvalue weighted by atomic mass is 10.2. The minimum absolute atomic E-state index is 0.0850. The van der Waals surface area contributed by atoms with E-state index >= 15 is 0 Å². The van der Waals surface area contributed by atoms with Crippen molar-refractivity contribution in [2.24, 2.45) is 0 Å². The topological polar surface area (TPSA) is 83.7 Å². The highest BCUT2D eigenvalue weighted by atomic mass is 16.6. The fraction of sp³-hybridized carbons (Fsp3) is 0.211. The second-order valence-corrected chi connectivity index (χ2v) is 5.75. The van der Waals surface area contributed by atoms with Crippen LogP contribution in [-0.4, -0.2) is 28.9 Å². The zero-order valence-electron chi connectivity index (χ0n) is 14.0. The summed E-state index contributed by atoms with van der Waals surface area (Å²) in [6.45, 7) is 1.75. The summed E-state index contributed by atoms with van der Waals surface area (Å²) >= 11 is 0. The number of fused-ring (bicyclic) bond motifs is 1. The highest BCUT2D eigenvalue weighted by Gasteiger charge is 2.31. The van der Waals surface area contributed by atoms with Gasteiger partial charge in [-0.1, -0.05) is 30.3 Å². The van der Waals surface area contributed by atoms with Crippen molar-refractivity contribution in [1.82, 2.24) is 10.2 Å². The fourth-order valence-electron chi connectivity index (χ4n) is 2.53. The molecule has 0 spiro atoms. The van der Waals surface area contributed by atoms with Crippen LogP contribution in [0.4, 0.5) is 0 Å². The number of carbonyl (C=O) groups excluding carboxylic acids is 1. The maximum Gasteiger partial charge on any atom is 0.351 e. The SMILES string of the molecule is C[C@@H](OC(=O)[C@@H]1COc2ccccc2O1)c1nnc(-c2ccccc2)o1. The molecule has 0 saturated carbocycles. The third-order valence-corrected chi connectivity index (χ3v) is 3.87. The molecule has 0 radical (unpaired) electrons. The summed E-state index contributed by atoms with van der Waals surface area (Å²) in [5.41, 5.74) is 0.797. The summed E-state index contributed by atoms with van der Waals surface area (Å²) in [7, 11) is 0. The van der Waals surface area contributed by atoms with Crippen LogP contribution in [0.5, 0.6) is 11.5 Å². The summed E-state index contributed by atoms with van der Waals surface area (Å²) < 4.78 is 22.2. The average molecular weight is 352 g/mol. The minimum atomic E-state index is -0.844. The highest BCUT2D eigenvalue weighted by Crippen LogP contribution is 2.31. The number of aromatic nitrogens is 2. The van der Waals surface area contributed by atoms with Gasteiger partial charge in [-0.25, -0.2) is 4.79 Å². The molecule has 0 aliphatic carbocycles. The number of ether oxygens (including phenoxy) is 3. The Balaban J connectivity index is 1.41. The molecular formula is C19H16N2O5. The lowest BCUT2D eigenvalue weighted by Crippen LogP contribution is -2.38. The van der Waals surface area contributed by atoms with Gasteiger partial charge in [0.2, 0.25) is 12.0 Å². The van der Waals surface area contributed by atoms with E-state index in [1.54, 1.807) is 19.1 Å². The van der Waals surface area contributed by atoms with E-state index in [0.717, 1.165) is 5.56 Å². The number of esters is 1. The monoisotopic (exact) mass is 352 g/mol. The predicted molar refractivity (Wildman–Crippen MR) is 90.6 cm³/mol. The number of para-hydroxylation sites is 2. The Morgan fingerprint density at radius 3 is 2.62 bits per heavy atom. The van der Waals surface area contributed by atoms with Gasteiger partial charge in [-0.2, -0.15) is 0 Å². The standard InChI is InChI=1S/C19H16N2O5/c1-12(17-20-21-18(26-17)13-7-3-2-4-8-13)24-19(22)16-11-23-14-9-5-6-10-15(14)25-16/h2-10,12,16H,11H2,1H3/t12-,16+/m1/s1. The molecule has 0 fully saturated rings. The Morgan fingerprint density at radius 1 is 1.08 bits per heavy atom. The van der Waals surface area contributed by atoms with Gasteiger partial charge in [0.25, 0.3) is 5.89 Å². The van der Waals surface area contributed by atoms with E-state index in [0.29, 0.717) is 17.4 Å². The quantitative estimate of drug-likeness (QED) is 0.667. The molecule has 2 aromatic carbocycles. The molecule has 7 heteroatoms. The van der Waals surface area contributed by atoms with Crippen LogP contribution >= 0.6 is 0 Å². The molecule has 1 aromatic heterocycles. The van der Waals surface area contributed by atoms with Crippen molar-refractivity contribution in [1.29, 1.82) is 0 Å². The second kappa shape index (κ2) is 6.87. The van der Waals surface area contributed by atoms with Crippen molar-refractivity contribution in [3.63, 3.8) is 0 Å². The number of benzene rings is 2. The van der Waals surface area contributed by atoms with E-state index in [1.807, 2.05) is 42.5 Å². The zero-order valence-corrected chi connectivity index (χ0v) is 14.0. The van der Waals surface area contributed by atoms with Crippen molar-refractivity contribution in [3.8, 4) is 23.0 Å². The largest absolute Gasteiger partial charge is 0.485 e. The van der Waals surface area contributed by atoms with Crippen LogP contribution in [0.25, 0.3) is 11.5 Å². The average Bonchev–Trinajstić information content (AvgIpc) is 3.18. The highest BCUT2D eigenvalue weighted by molar-refractivity contribution is 5.76. The maximum absolute atomic E-state index is 12.4. The number of hydrogen-bond acceptors (Lipinski definition) is 7. The third kappa shape index (κ3) is 3.23. The van der Waals surface area contributed by atoms with Gasteiger partial charge in [-0.3, -0.25) is 0 Å². The fourth-order valence-corrected chi connectivity index (χ4v) is 2.53. The van der Waals surface area contributed by atoms with Gasteiger partial charge in [-0.15, -0.1) is 10.2 Å². The molecule has 1 aliphatic rings. The van der Waals surface area contributed by atoms with Crippen molar-refractivity contribution in [3.05, 3.63) is 60.5 Å². The summed E-state index contributed by atoms with van der Waals surface area (Å²) in [6.07, 6.45) is -1.54. The molecule has 3 aromatic rings. The van der Waals surface area contributed by atoms with Crippen LogP contribution in [0.3, 0.4) is 0 Å². The van der Waals surface area contributed by atoms with E-state index in [2.05, 4.69) is 10.2 Å². The Morgan fingerprint density at radius 2 is 1.81 bits per heavy atom. The van der Waals surface area contributed by atoms with Gasteiger partial charge >= 0.3 is 5.97 Å². The second-order valence-electron chi connectivity index (χ2n) is 5.75. The van der Waals surface area contributed by atoms with Gasteiger partial charge in [0.15, 0.2) is 17.6 Å². The van der Waals surface area contributed by atoms with Crippen LogP contribution < -0.4 is 9.47 Å². The molecule has 2 atom stereocenters. The molecule has 1 aliphatic heterocycles. The normalized spacial score (nSPS) is 16.7. The first-order valence-corrected chi connectivity index (χ1v) is 8.18. The van der Waals surface area contributed by atoms with E-state index in [1.165, 1.54) is 0 Å². The Bertz CT molecular complexity index is 909. The van der Waals surface area contributed by atoms with E-state index < -0.39 is 18.2 Å². The van der Waals surface area contributed by atoms with Crippen LogP contribution in [0.15, 0.2) is 59.0 Å². The first-order valence-electron chi connectivity index (χ1n) is 8.18. The summed E-state index contributed by atoms with van der Waals surface area (Å²) in [5.74, 6) is 1.15. The lowest BCUT2D eigenvalue weighted by Gasteiger charge is -2.25. The van der Waals surface area contributed by atoms with Crippen molar-refractivity contribution < 1.29 is 23.4 Å². The molecular weight excluding hydrogens is 336 g/mol. The molecule has 2 heterocycles. The van der Waals surface area contributed by atoms with E-state index in [4.69, 9.17) is 18.6 Å². The first-order chi connectivity index (χ1) is 12.7. The minimum Gasteiger partial charge on any atom is -0.485 e. The molecule has 0 bridgehead atoms. The maximum atomic E-state index is 12.4. The number of hydrogen-bond donors (Lipinski definition) is 0. The molecule has 7 nitrogen and oxygen atoms in total. The Labute approximate surface area is 149 Å². The predicted octanol–water partition coefficient (Wildman–Crippen LogP) is 3.18. The lowest BCUT2D eigenvalue weighted by molar-refractivity contribution is -0.160. The first kappa shape index (κ1) is 16.1. The van der Waals surface area contributed by atoms with Crippen LogP contribution in [0.2, 0.25) is 0 Å². The van der Waals surface area contributed by atoms with Crippen molar-refractivity contribution in [2.75, 3.05) is 6.61 Å². The molecule has 0 unspecified atom stereocenters. The summed E-state index contributed by atoms with van der Waals surface area (Å²) in [5, 5.41) is 7.95. The summed E-state index contributed by atoms with van der Waals surface area (Å²) in [4.78, 5) is 12.4. The molecule has 26 heavy (non-hydrogen) atoms. The van der Waals surface area contributed by atoms with Crippen LogP contribution in [0.1, 0.15) is 18.9 Å². The molecule has 0 saturated heterocycles. The molecule has 132 valence electrons. The van der Waals surface area contributed by atoms with Gasteiger partial charge in [-0.05, 0) is 31.2 Å². The molecule has 4 rings (SSSR count). The number of rotatable bonds is 4. The third-order valence-electron chi connectivity index (χ3n) is 3.87. The van der Waals surface area contributed by atoms with Gasteiger partial charge in [0.05, 0.1) is 0 Å². The molecule has 0 N–H and O–H groups in total. The Kier molecular flexibility index (Phi) is 4.27. The van der Waals surface area contributed by atoms with Crippen molar-refractivity contribution in [2.45, 2.75) is 19.1 Å². The summed E-state index contributed by atoms with van der Waals surface area (Å²) in [6, 6.07) is 16.5. The van der Waals surface area contributed by atoms with E-state index in [9.17, 15) is 4.79 Å². The van der Waals surface area contributed by atoms with Crippen LogP contribution in [-0.2, 0) is 9.53 Å². The molecule has 0 amide bonds.